The first-order valence-corrected chi connectivity index (χ1v) is 23.4. The summed E-state index contributed by atoms with van der Waals surface area (Å²) in [5.74, 6) is 1.75. The van der Waals surface area contributed by atoms with Crippen molar-refractivity contribution in [2.45, 2.75) is 0 Å². The van der Waals surface area contributed by atoms with Crippen LogP contribution in [0.15, 0.2) is 227 Å². The molecule has 0 aliphatic carbocycles. The monoisotopic (exact) mass is 896 g/mol. The normalized spacial score (nSPS) is 12.0. The zero-order valence-corrected chi connectivity index (χ0v) is 37.3. The topological polar surface area (TPSA) is 87.7 Å². The smallest absolute Gasteiger partial charge is 0.164 e. The number of aromatic nitrogens is 6. The van der Waals surface area contributed by atoms with Crippen LogP contribution in [0.3, 0.4) is 0 Å². The molecule has 0 radical (unpaired) electrons. The molecule has 9 aromatic carbocycles. The van der Waals surface area contributed by atoms with Crippen molar-refractivity contribution in [2.24, 2.45) is 0 Å². The van der Waals surface area contributed by atoms with Gasteiger partial charge in [0, 0.05) is 66.5 Å². The maximum absolute atomic E-state index is 6.72. The van der Waals surface area contributed by atoms with Gasteiger partial charge in [0.2, 0.25) is 0 Å². The lowest BCUT2D eigenvalue weighted by Gasteiger charge is -2.17. The highest BCUT2D eigenvalue weighted by molar-refractivity contribution is 6.25. The molecule has 8 nitrogen and oxygen atoms in total. The summed E-state index contributed by atoms with van der Waals surface area (Å²) in [6.07, 6.45) is 1.91. The van der Waals surface area contributed by atoms with Gasteiger partial charge in [-0.15, -0.1) is 0 Å². The highest BCUT2D eigenvalue weighted by Crippen LogP contribution is 2.44. The molecule has 6 heterocycles. The Morgan fingerprint density at radius 2 is 0.829 bits per heavy atom. The fraction of sp³-hybridized carbons (Fsp3) is 0. The van der Waals surface area contributed by atoms with Crippen LogP contribution in [0.25, 0.3) is 144 Å². The van der Waals surface area contributed by atoms with E-state index in [2.05, 4.69) is 137 Å². The Balaban J connectivity index is 1.00. The molecule has 0 spiro atoms. The quantitative estimate of drug-likeness (QED) is 0.165. The van der Waals surface area contributed by atoms with Crippen LogP contribution in [0, 0.1) is 0 Å². The third-order valence-corrected chi connectivity index (χ3v) is 13.8. The Kier molecular flexibility index (Phi) is 8.20. The van der Waals surface area contributed by atoms with Crippen LogP contribution in [-0.2, 0) is 0 Å². The molecule has 0 aliphatic heterocycles. The van der Waals surface area contributed by atoms with Gasteiger partial charge >= 0.3 is 0 Å². The second-order valence-corrected chi connectivity index (χ2v) is 17.7. The van der Waals surface area contributed by atoms with E-state index >= 15 is 0 Å². The third-order valence-electron chi connectivity index (χ3n) is 13.8. The van der Waals surface area contributed by atoms with Crippen LogP contribution >= 0.6 is 0 Å². The van der Waals surface area contributed by atoms with Crippen molar-refractivity contribution in [1.82, 2.24) is 29.1 Å². The predicted octanol–water partition coefficient (Wildman–Crippen LogP) is 15.9. The second-order valence-electron chi connectivity index (χ2n) is 17.7. The number of benzene rings is 9. The lowest BCUT2D eigenvalue weighted by Crippen LogP contribution is -2.03. The molecule has 15 rings (SSSR count). The minimum absolute atomic E-state index is 0.556. The van der Waals surface area contributed by atoms with Gasteiger partial charge in [-0.3, -0.25) is 4.98 Å². The molecule has 0 unspecified atom stereocenters. The summed E-state index contributed by atoms with van der Waals surface area (Å²) >= 11 is 0. The molecule has 0 aliphatic rings. The van der Waals surface area contributed by atoms with E-state index < -0.39 is 0 Å². The average molecular weight is 897 g/mol. The first-order chi connectivity index (χ1) is 34.7. The molecule has 0 fully saturated rings. The van der Waals surface area contributed by atoms with E-state index in [1.165, 1.54) is 0 Å². The van der Waals surface area contributed by atoms with Gasteiger partial charge in [-0.2, -0.15) is 0 Å². The molecule has 0 atom stereocenters. The van der Waals surface area contributed by atoms with Gasteiger partial charge in [-0.1, -0.05) is 133 Å². The lowest BCUT2D eigenvalue weighted by molar-refractivity contribution is 0.672. The zero-order chi connectivity index (χ0) is 45.9. The van der Waals surface area contributed by atoms with E-state index in [1.807, 2.05) is 91.1 Å². The summed E-state index contributed by atoms with van der Waals surface area (Å²) in [6, 6.07) is 73.4. The summed E-state index contributed by atoms with van der Waals surface area (Å²) in [6.45, 7) is 0. The molecule has 0 amide bonds. The Labute approximate surface area is 399 Å². The number of furan rings is 2. The van der Waals surface area contributed by atoms with Crippen LogP contribution in [0.4, 0.5) is 0 Å². The van der Waals surface area contributed by atoms with Gasteiger partial charge in [0.05, 0.1) is 44.2 Å². The molecule has 0 saturated heterocycles. The molecule has 70 heavy (non-hydrogen) atoms. The van der Waals surface area contributed by atoms with Crippen molar-refractivity contribution < 1.29 is 8.83 Å². The van der Waals surface area contributed by atoms with Crippen molar-refractivity contribution in [3.05, 3.63) is 219 Å². The molecular weight excluding hydrogens is 861 g/mol. The summed E-state index contributed by atoms with van der Waals surface area (Å²) in [5.41, 5.74) is 13.9. The maximum Gasteiger partial charge on any atom is 0.164 e. The van der Waals surface area contributed by atoms with Gasteiger partial charge in [0.25, 0.3) is 0 Å². The van der Waals surface area contributed by atoms with Gasteiger partial charge in [-0.25, -0.2) is 15.0 Å². The molecule has 326 valence electrons. The van der Waals surface area contributed by atoms with Gasteiger partial charge in [0.1, 0.15) is 22.3 Å². The highest BCUT2D eigenvalue weighted by Gasteiger charge is 2.24. The number of fused-ring (bicyclic) bond motifs is 14. The number of hydrogen-bond donors (Lipinski definition) is 0. The molecule has 8 heteroatoms. The number of hydrogen-bond acceptors (Lipinski definition) is 6. The highest BCUT2D eigenvalue weighted by atomic mass is 16.3. The van der Waals surface area contributed by atoms with Crippen molar-refractivity contribution in [3.8, 4) is 56.8 Å². The fourth-order valence-corrected chi connectivity index (χ4v) is 10.7. The van der Waals surface area contributed by atoms with Crippen LogP contribution in [0.1, 0.15) is 0 Å². The Bertz CT molecular complexity index is 4540. The summed E-state index contributed by atoms with van der Waals surface area (Å²) in [5, 5.41) is 8.72. The van der Waals surface area contributed by atoms with Crippen LogP contribution in [0.5, 0.6) is 0 Å². The van der Waals surface area contributed by atoms with Crippen molar-refractivity contribution in [3.63, 3.8) is 0 Å². The van der Waals surface area contributed by atoms with E-state index in [-0.39, 0.29) is 0 Å². The Morgan fingerprint density at radius 1 is 0.343 bits per heavy atom. The lowest BCUT2D eigenvalue weighted by atomic mass is 10.0. The first kappa shape index (κ1) is 38.4. The van der Waals surface area contributed by atoms with E-state index in [9.17, 15) is 0 Å². The number of rotatable bonds is 6. The van der Waals surface area contributed by atoms with E-state index in [4.69, 9.17) is 28.8 Å². The zero-order valence-electron chi connectivity index (χ0n) is 37.3. The molecule has 0 N–H and O–H groups in total. The number of para-hydroxylation sites is 4. The van der Waals surface area contributed by atoms with E-state index in [0.717, 1.165) is 127 Å². The molecule has 0 bridgehead atoms. The van der Waals surface area contributed by atoms with Crippen molar-refractivity contribution in [2.75, 3.05) is 0 Å². The Hall–Kier alpha value is -9.66. The molecule has 0 saturated carbocycles. The van der Waals surface area contributed by atoms with Gasteiger partial charge in [0.15, 0.2) is 17.5 Å². The van der Waals surface area contributed by atoms with E-state index in [0.29, 0.717) is 17.5 Å². The van der Waals surface area contributed by atoms with E-state index in [1.54, 1.807) is 0 Å². The average Bonchev–Trinajstić information content (AvgIpc) is 4.19. The summed E-state index contributed by atoms with van der Waals surface area (Å²) < 4.78 is 18.1. The molecular formula is C62H36N6O2. The number of nitrogens with zero attached hydrogens (tertiary/aromatic N) is 6. The minimum Gasteiger partial charge on any atom is -0.455 e. The maximum atomic E-state index is 6.72. The minimum atomic E-state index is 0.556. The summed E-state index contributed by atoms with van der Waals surface area (Å²) in [7, 11) is 0. The Morgan fingerprint density at radius 3 is 1.41 bits per heavy atom. The predicted molar refractivity (Wildman–Crippen MR) is 283 cm³/mol. The second kappa shape index (κ2) is 14.9. The van der Waals surface area contributed by atoms with Gasteiger partial charge < -0.3 is 18.0 Å². The molecule has 6 aromatic heterocycles. The largest absolute Gasteiger partial charge is 0.455 e. The van der Waals surface area contributed by atoms with Crippen LogP contribution in [0.2, 0.25) is 0 Å². The standard InChI is InChI=1S/C62H36N6O2/c1-3-15-37(16-4-1)60-64-61(38-17-5-2-6-18-38)66-62(65-60)39-27-30-51(68-50-24-12-8-22-46(50)57-53(68)32-29-44-42-20-10-14-26-55(42)70-59(44)57)47(35-39)48-36-40(33-34-63-48)67-49-23-11-7-21-45(49)56-52(67)31-28-43-41-19-9-13-25-54(41)69-58(43)56/h1-36H. The summed E-state index contributed by atoms with van der Waals surface area (Å²) in [4.78, 5) is 20.6. The van der Waals surface area contributed by atoms with Crippen molar-refractivity contribution >= 4 is 87.5 Å². The first-order valence-electron chi connectivity index (χ1n) is 23.4. The van der Waals surface area contributed by atoms with Crippen LogP contribution < -0.4 is 0 Å². The van der Waals surface area contributed by atoms with Crippen molar-refractivity contribution in [1.29, 1.82) is 0 Å². The fourth-order valence-electron chi connectivity index (χ4n) is 10.7. The SMILES string of the molecule is c1ccc(-c2nc(-c3ccccc3)nc(-c3ccc(-n4c5ccccc5c5c6oc7ccccc7c6ccc54)c(-c4cc(-n5c6ccccc6c6c7oc8ccccc8c7ccc65)ccn4)c3)n2)cc1. The number of pyridine rings is 1. The third kappa shape index (κ3) is 5.71. The van der Waals surface area contributed by atoms with Gasteiger partial charge in [-0.05, 0) is 78.9 Å². The molecule has 15 aromatic rings. The van der Waals surface area contributed by atoms with Crippen LogP contribution in [-0.4, -0.2) is 29.1 Å².